The Bertz CT molecular complexity index is 341. The Morgan fingerprint density at radius 1 is 1.42 bits per heavy atom. The summed E-state index contributed by atoms with van der Waals surface area (Å²) in [7, 11) is 0. The number of nitrogens with zero attached hydrogens (tertiary/aromatic N) is 1. The van der Waals surface area contributed by atoms with Crippen LogP contribution in [0.3, 0.4) is 0 Å². The van der Waals surface area contributed by atoms with Crippen molar-refractivity contribution in [1.29, 1.82) is 0 Å². The van der Waals surface area contributed by atoms with E-state index >= 15 is 0 Å². The van der Waals surface area contributed by atoms with Crippen LogP contribution in [0.5, 0.6) is 0 Å². The highest BCUT2D eigenvalue weighted by Gasteiger charge is 2.52. The van der Waals surface area contributed by atoms with Gasteiger partial charge in [-0.3, -0.25) is 0 Å². The van der Waals surface area contributed by atoms with E-state index in [4.69, 9.17) is 16.0 Å². The van der Waals surface area contributed by atoms with Crippen LogP contribution >= 0.6 is 0 Å². The van der Waals surface area contributed by atoms with Crippen molar-refractivity contribution in [2.45, 2.75) is 82.3 Å². The Morgan fingerprint density at radius 2 is 2.21 bits per heavy atom. The maximum absolute atomic E-state index is 9.78. The van der Waals surface area contributed by atoms with E-state index in [9.17, 15) is 5.11 Å². The Balaban J connectivity index is 2.00. The number of fused-ring (bicyclic) bond motifs is 1. The first kappa shape index (κ1) is 14.8. The molecule has 0 radical (unpaired) electrons. The van der Waals surface area contributed by atoms with Crippen LogP contribution in [0.1, 0.15) is 52.4 Å². The molecule has 2 saturated heterocycles. The number of hydrogen-bond donors (Lipinski definition) is 1. The van der Waals surface area contributed by atoms with Crippen LogP contribution in [0.2, 0.25) is 0 Å². The van der Waals surface area contributed by atoms with Crippen molar-refractivity contribution in [2.75, 3.05) is 6.61 Å². The van der Waals surface area contributed by atoms with Gasteiger partial charge in [0.15, 0.2) is 0 Å². The second kappa shape index (κ2) is 6.21. The third kappa shape index (κ3) is 3.10. The Labute approximate surface area is 115 Å². The molecule has 5 atom stereocenters. The Hall–Kier alpha value is -0.630. The lowest BCUT2D eigenvalue weighted by molar-refractivity contribution is -0.184. The average molecular weight is 267 g/mol. The SMILES string of the molecule is [C-]#[N+][C@H](C)C[C@H]1CC[C@@H]2OC(CCC)C[C@]2(CO)O1. The molecule has 108 valence electrons. The molecule has 0 saturated carbocycles. The van der Waals surface area contributed by atoms with Crippen LogP contribution < -0.4 is 0 Å². The normalized spacial score (nSPS) is 39.6. The molecule has 4 heteroatoms. The van der Waals surface area contributed by atoms with E-state index in [0.717, 1.165) is 38.5 Å². The molecule has 0 aromatic carbocycles. The first-order chi connectivity index (χ1) is 9.13. The average Bonchev–Trinajstić information content (AvgIpc) is 2.77. The van der Waals surface area contributed by atoms with Crippen LogP contribution in [0.4, 0.5) is 0 Å². The van der Waals surface area contributed by atoms with E-state index in [1.54, 1.807) is 0 Å². The van der Waals surface area contributed by atoms with E-state index in [0.29, 0.717) is 0 Å². The first-order valence-corrected chi connectivity index (χ1v) is 7.44. The van der Waals surface area contributed by atoms with E-state index < -0.39 is 5.60 Å². The predicted molar refractivity (Wildman–Crippen MR) is 72.8 cm³/mol. The summed E-state index contributed by atoms with van der Waals surface area (Å²) in [5.41, 5.74) is -0.509. The molecule has 4 nitrogen and oxygen atoms in total. The molecule has 2 rings (SSSR count). The van der Waals surface area contributed by atoms with Gasteiger partial charge in [0.2, 0.25) is 6.04 Å². The summed E-state index contributed by atoms with van der Waals surface area (Å²) in [4.78, 5) is 3.54. The van der Waals surface area contributed by atoms with Crippen molar-refractivity contribution in [2.24, 2.45) is 0 Å². The summed E-state index contributed by atoms with van der Waals surface area (Å²) in [5.74, 6) is 0. The zero-order valence-electron chi connectivity index (χ0n) is 12.0. The molecule has 0 aromatic heterocycles. The van der Waals surface area contributed by atoms with Gasteiger partial charge in [0, 0.05) is 19.8 Å². The van der Waals surface area contributed by atoms with Gasteiger partial charge in [0.05, 0.1) is 24.9 Å². The fraction of sp³-hybridized carbons (Fsp3) is 0.933. The van der Waals surface area contributed by atoms with Crippen molar-refractivity contribution in [3.05, 3.63) is 11.4 Å². The molecule has 2 heterocycles. The molecule has 19 heavy (non-hydrogen) atoms. The smallest absolute Gasteiger partial charge is 0.223 e. The van der Waals surface area contributed by atoms with Gasteiger partial charge in [-0.25, -0.2) is 6.57 Å². The number of aliphatic hydroxyl groups is 1. The van der Waals surface area contributed by atoms with Gasteiger partial charge in [0.1, 0.15) is 5.60 Å². The number of hydrogen-bond acceptors (Lipinski definition) is 3. The van der Waals surface area contributed by atoms with E-state index in [1.165, 1.54) is 0 Å². The van der Waals surface area contributed by atoms with Crippen molar-refractivity contribution in [3.63, 3.8) is 0 Å². The van der Waals surface area contributed by atoms with Crippen LogP contribution in [0.15, 0.2) is 0 Å². The summed E-state index contributed by atoms with van der Waals surface area (Å²) in [6, 6.07) is -0.00828. The second-order valence-corrected chi connectivity index (χ2v) is 5.99. The highest BCUT2D eigenvalue weighted by Crippen LogP contribution is 2.43. The van der Waals surface area contributed by atoms with Crippen molar-refractivity contribution < 1.29 is 14.6 Å². The third-order valence-corrected chi connectivity index (χ3v) is 4.37. The van der Waals surface area contributed by atoms with Gasteiger partial charge >= 0.3 is 0 Å². The van der Waals surface area contributed by atoms with Crippen molar-refractivity contribution >= 4 is 0 Å². The van der Waals surface area contributed by atoms with Gasteiger partial charge in [-0.15, -0.1) is 0 Å². The molecule has 2 fully saturated rings. The second-order valence-electron chi connectivity index (χ2n) is 5.99. The van der Waals surface area contributed by atoms with E-state index in [-0.39, 0.29) is 31.0 Å². The minimum atomic E-state index is -0.509. The molecule has 1 N–H and O–H groups in total. The summed E-state index contributed by atoms with van der Waals surface area (Å²) >= 11 is 0. The van der Waals surface area contributed by atoms with Gasteiger partial charge in [0.25, 0.3) is 0 Å². The third-order valence-electron chi connectivity index (χ3n) is 4.37. The molecule has 0 spiro atoms. The predicted octanol–water partition coefficient (Wildman–Crippen LogP) is 2.55. The monoisotopic (exact) mass is 267 g/mol. The number of ether oxygens (including phenoxy) is 2. The van der Waals surface area contributed by atoms with E-state index in [2.05, 4.69) is 11.8 Å². The Morgan fingerprint density at radius 3 is 2.84 bits per heavy atom. The number of rotatable bonds is 5. The summed E-state index contributed by atoms with van der Waals surface area (Å²) in [5, 5.41) is 9.78. The lowest BCUT2D eigenvalue weighted by Crippen LogP contribution is -2.51. The van der Waals surface area contributed by atoms with Gasteiger partial charge in [-0.05, 0) is 19.3 Å². The Kier molecular flexibility index (Phi) is 4.83. The topological polar surface area (TPSA) is 43.0 Å². The molecule has 0 aromatic rings. The van der Waals surface area contributed by atoms with Crippen molar-refractivity contribution in [3.8, 4) is 0 Å². The minimum Gasteiger partial charge on any atom is -0.393 e. The van der Waals surface area contributed by atoms with Crippen LogP contribution in [0, 0.1) is 6.57 Å². The molecule has 2 aliphatic rings. The van der Waals surface area contributed by atoms with Gasteiger partial charge in [-0.2, -0.15) is 0 Å². The first-order valence-electron chi connectivity index (χ1n) is 7.44. The highest BCUT2D eigenvalue weighted by molar-refractivity contribution is 5.01. The van der Waals surface area contributed by atoms with Crippen LogP contribution in [-0.2, 0) is 9.47 Å². The van der Waals surface area contributed by atoms with Gasteiger partial charge in [-0.1, -0.05) is 13.3 Å². The van der Waals surface area contributed by atoms with Crippen LogP contribution in [0.25, 0.3) is 4.85 Å². The quantitative estimate of drug-likeness (QED) is 0.778. The summed E-state index contributed by atoms with van der Waals surface area (Å²) < 4.78 is 12.2. The van der Waals surface area contributed by atoms with Gasteiger partial charge < -0.3 is 19.4 Å². The fourth-order valence-electron chi connectivity index (χ4n) is 3.40. The summed E-state index contributed by atoms with van der Waals surface area (Å²) in [6.45, 7) is 11.2. The molecular weight excluding hydrogens is 242 g/mol. The largest absolute Gasteiger partial charge is 0.393 e. The molecular formula is C15H25NO3. The lowest BCUT2D eigenvalue weighted by Gasteiger charge is -2.40. The zero-order chi connectivity index (χ0) is 13.9. The molecule has 0 bridgehead atoms. The fourth-order valence-corrected chi connectivity index (χ4v) is 3.40. The number of aliphatic hydroxyl groups excluding tert-OH is 1. The molecule has 2 aliphatic heterocycles. The van der Waals surface area contributed by atoms with Crippen molar-refractivity contribution in [1.82, 2.24) is 0 Å². The van der Waals surface area contributed by atoms with E-state index in [1.807, 2.05) is 6.92 Å². The molecule has 0 aliphatic carbocycles. The van der Waals surface area contributed by atoms with Crippen LogP contribution in [-0.4, -0.2) is 41.7 Å². The molecule has 1 unspecified atom stereocenters. The maximum atomic E-state index is 9.78. The highest BCUT2D eigenvalue weighted by atomic mass is 16.6. The zero-order valence-corrected chi connectivity index (χ0v) is 12.0. The summed E-state index contributed by atoms with van der Waals surface area (Å²) in [6.07, 6.45) is 5.91. The standard InChI is InChI=1S/C15H25NO3/c1-4-5-13-9-15(10-17)14(18-13)7-6-12(19-15)8-11(2)16-3/h11-14,17H,4-10H2,1-2H3/t11-,12-,13?,14+,15-/m1/s1. The molecule has 0 amide bonds. The maximum Gasteiger partial charge on any atom is 0.223 e. The lowest BCUT2D eigenvalue weighted by atomic mass is 9.86. The minimum absolute atomic E-state index is 0.00828.